The molecule has 120 valence electrons. The summed E-state index contributed by atoms with van der Waals surface area (Å²) in [6.45, 7) is 4.69. The maximum absolute atomic E-state index is 11.4. The summed E-state index contributed by atoms with van der Waals surface area (Å²) >= 11 is 0. The standard InChI is InChI=1S/C17H20N4O2/c1-12-15(7-8-17(22)23-3)13(2)21(19-12)11-14-5-4-6-16-18-9-10-20(14)16/h4-6,9-10H,7-8,11H2,1-3H3. The van der Waals surface area contributed by atoms with Crippen LogP contribution in [0, 0.1) is 13.8 Å². The lowest BCUT2D eigenvalue weighted by atomic mass is 10.1. The summed E-state index contributed by atoms with van der Waals surface area (Å²) in [6.07, 6.45) is 4.77. The Labute approximate surface area is 134 Å². The van der Waals surface area contributed by atoms with Crippen LogP contribution in [0.2, 0.25) is 0 Å². The van der Waals surface area contributed by atoms with Gasteiger partial charge in [-0.2, -0.15) is 5.10 Å². The third kappa shape index (κ3) is 2.97. The maximum atomic E-state index is 11.4. The summed E-state index contributed by atoms with van der Waals surface area (Å²) in [4.78, 5) is 15.7. The van der Waals surface area contributed by atoms with E-state index in [9.17, 15) is 4.79 Å². The number of aryl methyl sites for hydroxylation is 1. The molecule has 0 fully saturated rings. The van der Waals surface area contributed by atoms with Crippen molar-refractivity contribution in [3.63, 3.8) is 0 Å². The monoisotopic (exact) mass is 312 g/mol. The molecule has 0 spiro atoms. The largest absolute Gasteiger partial charge is 0.469 e. The van der Waals surface area contributed by atoms with Gasteiger partial charge in [-0.15, -0.1) is 0 Å². The van der Waals surface area contributed by atoms with Gasteiger partial charge >= 0.3 is 5.97 Å². The number of hydrogen-bond donors (Lipinski definition) is 0. The van der Waals surface area contributed by atoms with Gasteiger partial charge in [0.15, 0.2) is 0 Å². The summed E-state index contributed by atoms with van der Waals surface area (Å²) in [5, 5.41) is 4.63. The molecule has 3 rings (SSSR count). The Bertz CT molecular complexity index is 848. The van der Waals surface area contributed by atoms with E-state index in [-0.39, 0.29) is 5.97 Å². The highest BCUT2D eigenvalue weighted by atomic mass is 16.5. The number of esters is 1. The van der Waals surface area contributed by atoms with Crippen LogP contribution >= 0.6 is 0 Å². The zero-order valence-corrected chi connectivity index (χ0v) is 13.6. The summed E-state index contributed by atoms with van der Waals surface area (Å²) in [7, 11) is 1.41. The SMILES string of the molecule is COC(=O)CCc1c(C)nn(Cc2cccc3nccn23)c1C. The van der Waals surface area contributed by atoms with Gasteiger partial charge in [-0.1, -0.05) is 6.07 Å². The van der Waals surface area contributed by atoms with Crippen molar-refractivity contribution < 1.29 is 9.53 Å². The van der Waals surface area contributed by atoms with Crippen LogP contribution in [0.25, 0.3) is 5.65 Å². The Morgan fingerprint density at radius 1 is 1.30 bits per heavy atom. The van der Waals surface area contributed by atoms with Gasteiger partial charge in [0.05, 0.1) is 19.3 Å². The fraction of sp³-hybridized carbons (Fsp3) is 0.353. The van der Waals surface area contributed by atoms with Gasteiger partial charge in [-0.25, -0.2) is 4.98 Å². The smallest absolute Gasteiger partial charge is 0.305 e. The van der Waals surface area contributed by atoms with Crippen LogP contribution in [-0.4, -0.2) is 32.2 Å². The Morgan fingerprint density at radius 3 is 2.91 bits per heavy atom. The minimum Gasteiger partial charge on any atom is -0.469 e. The maximum Gasteiger partial charge on any atom is 0.305 e. The average molecular weight is 312 g/mol. The first-order chi connectivity index (χ1) is 11.1. The summed E-state index contributed by atoms with van der Waals surface area (Å²) in [5.74, 6) is -0.195. The molecule has 0 unspecified atom stereocenters. The molecule has 23 heavy (non-hydrogen) atoms. The van der Waals surface area contributed by atoms with Crippen molar-refractivity contribution >= 4 is 11.6 Å². The van der Waals surface area contributed by atoms with Crippen LogP contribution in [0.5, 0.6) is 0 Å². The van der Waals surface area contributed by atoms with Gasteiger partial charge in [0.1, 0.15) is 5.65 Å². The number of ether oxygens (including phenoxy) is 1. The number of methoxy groups -OCH3 is 1. The highest BCUT2D eigenvalue weighted by Crippen LogP contribution is 2.17. The number of carbonyl (C=O) groups is 1. The first-order valence-corrected chi connectivity index (χ1v) is 7.61. The molecule has 0 saturated carbocycles. The lowest BCUT2D eigenvalue weighted by Crippen LogP contribution is -2.08. The van der Waals surface area contributed by atoms with Crippen LogP contribution in [0.4, 0.5) is 0 Å². The highest BCUT2D eigenvalue weighted by molar-refractivity contribution is 5.69. The molecule has 0 aromatic carbocycles. The van der Waals surface area contributed by atoms with E-state index in [1.165, 1.54) is 7.11 Å². The molecule has 0 aliphatic carbocycles. The molecular weight excluding hydrogens is 292 g/mol. The number of rotatable bonds is 5. The molecule has 6 nitrogen and oxygen atoms in total. The molecular formula is C17H20N4O2. The Kier molecular flexibility index (Phi) is 4.14. The van der Waals surface area contributed by atoms with E-state index < -0.39 is 0 Å². The lowest BCUT2D eigenvalue weighted by molar-refractivity contribution is -0.140. The van der Waals surface area contributed by atoms with Gasteiger partial charge in [0.25, 0.3) is 0 Å². The zero-order chi connectivity index (χ0) is 16.4. The molecule has 3 aromatic heterocycles. The third-order valence-electron chi connectivity index (χ3n) is 4.16. The number of imidazole rings is 1. The topological polar surface area (TPSA) is 61.4 Å². The molecule has 0 saturated heterocycles. The number of fused-ring (bicyclic) bond motifs is 1. The summed E-state index contributed by atoms with van der Waals surface area (Å²) in [5.41, 5.74) is 5.21. The summed E-state index contributed by atoms with van der Waals surface area (Å²) in [6, 6.07) is 6.05. The normalized spacial score (nSPS) is 11.1. The molecule has 0 N–H and O–H groups in total. The second kappa shape index (κ2) is 6.24. The van der Waals surface area contributed by atoms with Gasteiger partial charge in [-0.3, -0.25) is 9.48 Å². The van der Waals surface area contributed by atoms with E-state index in [0.717, 1.165) is 28.3 Å². The fourth-order valence-electron chi connectivity index (χ4n) is 2.87. The van der Waals surface area contributed by atoms with Crippen LogP contribution in [-0.2, 0) is 22.5 Å². The molecule has 0 aliphatic heterocycles. The van der Waals surface area contributed by atoms with Crippen molar-refractivity contribution in [3.05, 3.63) is 53.2 Å². The van der Waals surface area contributed by atoms with Gasteiger partial charge in [-0.05, 0) is 38.0 Å². The quantitative estimate of drug-likeness (QED) is 0.678. The number of hydrogen-bond acceptors (Lipinski definition) is 4. The highest BCUT2D eigenvalue weighted by Gasteiger charge is 2.14. The van der Waals surface area contributed by atoms with Crippen molar-refractivity contribution in [3.8, 4) is 0 Å². The Balaban J connectivity index is 1.86. The molecule has 0 atom stereocenters. The number of pyridine rings is 1. The first kappa shape index (κ1) is 15.3. The lowest BCUT2D eigenvalue weighted by Gasteiger charge is -2.08. The van der Waals surface area contributed by atoms with Crippen LogP contribution < -0.4 is 0 Å². The van der Waals surface area contributed by atoms with Crippen molar-refractivity contribution in [1.82, 2.24) is 19.2 Å². The van der Waals surface area contributed by atoms with Crippen molar-refractivity contribution in [1.29, 1.82) is 0 Å². The van der Waals surface area contributed by atoms with E-state index in [1.54, 1.807) is 6.20 Å². The van der Waals surface area contributed by atoms with Crippen LogP contribution in [0.3, 0.4) is 0 Å². The third-order valence-corrected chi connectivity index (χ3v) is 4.16. The van der Waals surface area contributed by atoms with Crippen LogP contribution in [0.15, 0.2) is 30.6 Å². The van der Waals surface area contributed by atoms with Gasteiger partial charge < -0.3 is 9.14 Å². The number of carbonyl (C=O) groups excluding carboxylic acids is 1. The Hall–Kier alpha value is -2.63. The molecule has 3 aromatic rings. The molecule has 0 amide bonds. The van der Waals surface area contributed by atoms with Crippen molar-refractivity contribution in [2.75, 3.05) is 7.11 Å². The van der Waals surface area contributed by atoms with E-state index in [1.807, 2.05) is 36.9 Å². The number of aromatic nitrogens is 4. The zero-order valence-electron chi connectivity index (χ0n) is 13.6. The Morgan fingerprint density at radius 2 is 2.13 bits per heavy atom. The van der Waals surface area contributed by atoms with E-state index in [2.05, 4.69) is 20.5 Å². The predicted octanol–water partition coefficient (Wildman–Crippen LogP) is 2.30. The van der Waals surface area contributed by atoms with Crippen LogP contribution in [0.1, 0.15) is 29.1 Å². The van der Waals surface area contributed by atoms with E-state index in [4.69, 9.17) is 4.74 Å². The molecule has 0 aliphatic rings. The fourth-order valence-corrected chi connectivity index (χ4v) is 2.87. The predicted molar refractivity (Wildman–Crippen MR) is 86.3 cm³/mol. The average Bonchev–Trinajstić information content (AvgIpc) is 3.12. The summed E-state index contributed by atoms with van der Waals surface area (Å²) < 4.78 is 8.76. The number of nitrogens with zero attached hydrogens (tertiary/aromatic N) is 4. The molecule has 6 heteroatoms. The molecule has 0 bridgehead atoms. The van der Waals surface area contributed by atoms with E-state index in [0.29, 0.717) is 19.4 Å². The van der Waals surface area contributed by atoms with Crippen molar-refractivity contribution in [2.24, 2.45) is 0 Å². The molecule has 3 heterocycles. The van der Waals surface area contributed by atoms with Gasteiger partial charge in [0, 0.05) is 30.2 Å². The van der Waals surface area contributed by atoms with E-state index >= 15 is 0 Å². The second-order valence-corrected chi connectivity index (χ2v) is 5.56. The minimum absolute atomic E-state index is 0.195. The first-order valence-electron chi connectivity index (χ1n) is 7.61. The second-order valence-electron chi connectivity index (χ2n) is 5.56. The molecule has 0 radical (unpaired) electrons. The minimum atomic E-state index is -0.195. The van der Waals surface area contributed by atoms with Gasteiger partial charge in [0.2, 0.25) is 0 Å². The van der Waals surface area contributed by atoms with Crippen molar-refractivity contribution in [2.45, 2.75) is 33.2 Å².